The van der Waals surface area contributed by atoms with Crippen LogP contribution in [-0.4, -0.2) is 36.6 Å². The minimum Gasteiger partial charge on any atom is -0.377 e. The third-order valence-corrected chi connectivity index (χ3v) is 1.90. The fourth-order valence-corrected chi connectivity index (χ4v) is 1.28. The largest absolute Gasteiger partial charge is 0.377 e. The molecule has 0 aliphatic carbocycles. The highest BCUT2D eigenvalue weighted by Crippen LogP contribution is 2.04. The van der Waals surface area contributed by atoms with Crippen molar-refractivity contribution in [3.8, 4) is 0 Å². The van der Waals surface area contributed by atoms with Gasteiger partial charge in [-0.15, -0.1) is 0 Å². The molecule has 0 saturated carbocycles. The molecule has 1 fully saturated rings. The third-order valence-electron chi connectivity index (χ3n) is 1.90. The average molecular weight is 157 g/mol. The van der Waals surface area contributed by atoms with E-state index in [9.17, 15) is 4.79 Å². The maximum absolute atomic E-state index is 11.0. The van der Waals surface area contributed by atoms with Crippen LogP contribution in [0.25, 0.3) is 0 Å². The van der Waals surface area contributed by atoms with Crippen molar-refractivity contribution >= 4 is 5.91 Å². The van der Waals surface area contributed by atoms with Crippen LogP contribution in [0.5, 0.6) is 0 Å². The van der Waals surface area contributed by atoms with Gasteiger partial charge in [0.2, 0.25) is 5.91 Å². The maximum Gasteiger partial charge on any atom is 0.219 e. The number of rotatable bonds is 0. The fourth-order valence-electron chi connectivity index (χ4n) is 1.28. The highest BCUT2D eigenvalue weighted by Gasteiger charge is 2.16. The van der Waals surface area contributed by atoms with Gasteiger partial charge in [0.25, 0.3) is 0 Å². The van der Waals surface area contributed by atoms with Gasteiger partial charge in [-0.2, -0.15) is 0 Å². The van der Waals surface area contributed by atoms with Gasteiger partial charge in [-0.1, -0.05) is 0 Å². The molecule has 0 spiro atoms. The van der Waals surface area contributed by atoms with E-state index >= 15 is 0 Å². The van der Waals surface area contributed by atoms with Crippen LogP contribution in [0.4, 0.5) is 0 Å². The van der Waals surface area contributed by atoms with Crippen LogP contribution in [0, 0.1) is 0 Å². The van der Waals surface area contributed by atoms with Crippen molar-refractivity contribution in [3.63, 3.8) is 0 Å². The van der Waals surface area contributed by atoms with E-state index in [2.05, 4.69) is 0 Å². The number of carbonyl (C=O) groups excluding carboxylic acids is 1. The predicted octanol–water partition coefficient (Wildman–Crippen LogP) is 0.644. The van der Waals surface area contributed by atoms with Gasteiger partial charge >= 0.3 is 0 Å². The molecule has 11 heavy (non-hydrogen) atoms. The quantitative estimate of drug-likeness (QED) is 0.516. The van der Waals surface area contributed by atoms with Crippen molar-refractivity contribution in [2.24, 2.45) is 0 Å². The van der Waals surface area contributed by atoms with Crippen molar-refractivity contribution in [1.82, 2.24) is 4.90 Å². The maximum atomic E-state index is 11.0. The Balaban J connectivity index is 2.45. The van der Waals surface area contributed by atoms with Crippen LogP contribution in [0.15, 0.2) is 0 Å². The Hall–Kier alpha value is -0.570. The van der Waals surface area contributed by atoms with E-state index in [4.69, 9.17) is 4.74 Å². The van der Waals surface area contributed by atoms with Crippen LogP contribution in [-0.2, 0) is 9.53 Å². The zero-order valence-corrected chi connectivity index (χ0v) is 7.17. The highest BCUT2D eigenvalue weighted by molar-refractivity contribution is 5.73. The lowest BCUT2D eigenvalue weighted by atomic mass is 10.3. The second-order valence-electron chi connectivity index (χ2n) is 3.00. The Bertz CT molecular complexity index is 147. The third kappa shape index (κ3) is 2.50. The lowest BCUT2D eigenvalue weighted by molar-refractivity contribution is -0.129. The van der Waals surface area contributed by atoms with Crippen molar-refractivity contribution in [3.05, 3.63) is 0 Å². The van der Waals surface area contributed by atoms with Crippen molar-refractivity contribution in [2.45, 2.75) is 26.4 Å². The van der Waals surface area contributed by atoms with Crippen LogP contribution in [0.3, 0.4) is 0 Å². The zero-order chi connectivity index (χ0) is 8.27. The van der Waals surface area contributed by atoms with Crippen LogP contribution in [0.2, 0.25) is 0 Å². The molecule has 1 rings (SSSR count). The smallest absolute Gasteiger partial charge is 0.219 e. The van der Waals surface area contributed by atoms with E-state index in [1.54, 1.807) is 6.92 Å². The first kappa shape index (κ1) is 8.53. The van der Waals surface area contributed by atoms with Crippen molar-refractivity contribution < 1.29 is 9.53 Å². The van der Waals surface area contributed by atoms with Gasteiger partial charge < -0.3 is 9.64 Å². The summed E-state index contributed by atoms with van der Waals surface area (Å²) in [6.07, 6.45) is 1.16. The molecule has 0 N–H and O–H groups in total. The van der Waals surface area contributed by atoms with Crippen LogP contribution < -0.4 is 0 Å². The Morgan fingerprint density at radius 2 is 2.36 bits per heavy atom. The molecule has 0 aromatic rings. The van der Waals surface area contributed by atoms with E-state index in [-0.39, 0.29) is 12.0 Å². The standard InChI is InChI=1S/C8H15NO2/c1-7-6-9(8(2)10)4-3-5-11-7/h7H,3-6H2,1-2H3. The molecular weight excluding hydrogens is 142 g/mol. The van der Waals surface area contributed by atoms with E-state index in [0.717, 1.165) is 26.1 Å². The second-order valence-corrected chi connectivity index (χ2v) is 3.00. The zero-order valence-electron chi connectivity index (χ0n) is 7.17. The van der Waals surface area contributed by atoms with Gasteiger partial charge in [0.15, 0.2) is 0 Å². The SMILES string of the molecule is CC(=O)N1CCCOC(C)C1. The molecule has 3 heteroatoms. The minimum atomic E-state index is 0.155. The molecule has 1 aliphatic heterocycles. The second kappa shape index (κ2) is 3.72. The van der Waals surface area contributed by atoms with Crippen LogP contribution >= 0.6 is 0 Å². The monoisotopic (exact) mass is 157 g/mol. The summed E-state index contributed by atoms with van der Waals surface area (Å²) < 4.78 is 5.39. The Morgan fingerprint density at radius 1 is 1.64 bits per heavy atom. The molecule has 3 nitrogen and oxygen atoms in total. The fraction of sp³-hybridized carbons (Fsp3) is 0.875. The Kier molecular flexibility index (Phi) is 2.88. The lowest BCUT2D eigenvalue weighted by Crippen LogP contribution is -2.34. The van der Waals surface area contributed by atoms with Gasteiger partial charge in [-0.3, -0.25) is 4.79 Å². The number of hydrogen-bond acceptors (Lipinski definition) is 2. The van der Waals surface area contributed by atoms with Gasteiger partial charge in [0.1, 0.15) is 0 Å². The summed E-state index contributed by atoms with van der Waals surface area (Å²) in [5.74, 6) is 0.155. The highest BCUT2D eigenvalue weighted by atomic mass is 16.5. The first-order chi connectivity index (χ1) is 5.20. The topological polar surface area (TPSA) is 29.5 Å². The molecule has 1 atom stereocenters. The van der Waals surface area contributed by atoms with Gasteiger partial charge in [-0.25, -0.2) is 0 Å². The van der Waals surface area contributed by atoms with E-state index in [1.165, 1.54) is 0 Å². The van der Waals surface area contributed by atoms with Gasteiger partial charge in [-0.05, 0) is 13.3 Å². The summed E-state index contributed by atoms with van der Waals surface area (Å²) in [6.45, 7) is 5.99. The van der Waals surface area contributed by atoms with Crippen LogP contribution in [0.1, 0.15) is 20.3 Å². The number of hydrogen-bond donors (Lipinski definition) is 0. The van der Waals surface area contributed by atoms with Crippen molar-refractivity contribution in [1.29, 1.82) is 0 Å². The minimum absolute atomic E-state index is 0.155. The molecule has 0 bridgehead atoms. The molecular formula is C8H15NO2. The molecule has 0 aromatic carbocycles. The molecule has 0 radical (unpaired) electrons. The van der Waals surface area contributed by atoms with E-state index in [0.29, 0.717) is 0 Å². The molecule has 1 amide bonds. The predicted molar refractivity (Wildman–Crippen MR) is 42.3 cm³/mol. The Morgan fingerprint density at radius 3 is 3.00 bits per heavy atom. The van der Waals surface area contributed by atoms with Gasteiger partial charge in [0.05, 0.1) is 6.10 Å². The summed E-state index contributed by atoms with van der Waals surface area (Å²) in [6, 6.07) is 0. The number of carbonyl (C=O) groups is 1. The number of nitrogens with zero attached hydrogens (tertiary/aromatic N) is 1. The summed E-state index contributed by atoms with van der Waals surface area (Å²) in [4.78, 5) is 12.8. The lowest BCUT2D eigenvalue weighted by Gasteiger charge is -2.19. The molecule has 1 aliphatic rings. The molecule has 0 aromatic heterocycles. The van der Waals surface area contributed by atoms with Gasteiger partial charge in [0, 0.05) is 26.6 Å². The first-order valence-corrected chi connectivity index (χ1v) is 4.07. The first-order valence-electron chi connectivity index (χ1n) is 4.07. The Labute approximate surface area is 67.3 Å². The number of ether oxygens (including phenoxy) is 1. The molecule has 1 saturated heterocycles. The summed E-state index contributed by atoms with van der Waals surface area (Å²) >= 11 is 0. The summed E-state index contributed by atoms with van der Waals surface area (Å²) in [5, 5.41) is 0. The average Bonchev–Trinajstić information content (AvgIpc) is 2.13. The summed E-state index contributed by atoms with van der Waals surface area (Å²) in [5.41, 5.74) is 0. The van der Waals surface area contributed by atoms with E-state index < -0.39 is 0 Å². The molecule has 64 valence electrons. The molecule has 1 heterocycles. The number of amides is 1. The molecule has 1 unspecified atom stereocenters. The summed E-state index contributed by atoms with van der Waals surface area (Å²) in [7, 11) is 0. The normalized spacial score (nSPS) is 26.4. The van der Waals surface area contributed by atoms with E-state index in [1.807, 2.05) is 11.8 Å². The van der Waals surface area contributed by atoms with Crippen molar-refractivity contribution in [2.75, 3.05) is 19.7 Å².